The first kappa shape index (κ1) is 19.6. The normalized spacial score (nSPS) is 50.7. The Morgan fingerprint density at radius 1 is 1.26 bits per heavy atom. The van der Waals surface area contributed by atoms with E-state index in [0.29, 0.717) is 24.2 Å². The molecule has 3 saturated carbocycles. The van der Waals surface area contributed by atoms with Crippen LogP contribution in [0.2, 0.25) is 0 Å². The summed E-state index contributed by atoms with van der Waals surface area (Å²) >= 11 is 0. The molecule has 2 N–H and O–H groups in total. The van der Waals surface area contributed by atoms with Crippen molar-refractivity contribution >= 4 is 0 Å². The lowest BCUT2D eigenvalue weighted by Crippen LogP contribution is -2.57. The molecular weight excluding hydrogens is 339 g/mol. The van der Waals surface area contributed by atoms with Crippen LogP contribution >= 0.6 is 0 Å². The zero-order chi connectivity index (χ0) is 19.4. The van der Waals surface area contributed by atoms with Gasteiger partial charge in [-0.05, 0) is 68.1 Å². The van der Waals surface area contributed by atoms with Crippen LogP contribution in [-0.4, -0.2) is 29.1 Å². The number of rotatable bonds is 3. The van der Waals surface area contributed by atoms with Gasteiger partial charge in [0.1, 0.15) is 6.17 Å². The average molecular weight is 377 g/mol. The third kappa shape index (κ3) is 2.71. The Labute approximate surface area is 163 Å². The van der Waals surface area contributed by atoms with E-state index in [1.54, 1.807) is 0 Å². The fourth-order valence-electron chi connectivity index (χ4n) is 7.76. The van der Waals surface area contributed by atoms with Crippen LogP contribution in [0.5, 0.6) is 0 Å². The highest BCUT2D eigenvalue weighted by Crippen LogP contribution is 2.67. The van der Waals surface area contributed by atoms with Crippen LogP contribution in [0, 0.1) is 34.5 Å². The van der Waals surface area contributed by atoms with Crippen LogP contribution in [0.3, 0.4) is 0 Å². The van der Waals surface area contributed by atoms with Gasteiger partial charge in [-0.3, -0.25) is 0 Å². The van der Waals surface area contributed by atoms with Gasteiger partial charge in [-0.25, -0.2) is 4.39 Å². The molecule has 4 aliphatic rings. The van der Waals surface area contributed by atoms with Crippen molar-refractivity contribution < 1.29 is 14.6 Å². The van der Waals surface area contributed by atoms with E-state index in [4.69, 9.17) is 0 Å². The highest BCUT2D eigenvalue weighted by Gasteiger charge is 2.61. The Kier molecular flexibility index (Phi) is 5.08. The van der Waals surface area contributed by atoms with Crippen molar-refractivity contribution in [3.8, 4) is 0 Å². The van der Waals surface area contributed by atoms with Crippen molar-refractivity contribution in [1.29, 1.82) is 0 Å². The maximum Gasteiger partial charge on any atom is 0.115 e. The molecule has 0 radical (unpaired) electrons. The summed E-state index contributed by atoms with van der Waals surface area (Å²) in [5, 5.41) is 20.0. The van der Waals surface area contributed by atoms with E-state index < -0.39 is 17.7 Å². The number of aliphatic hydroxyl groups excluding tert-OH is 2. The van der Waals surface area contributed by atoms with Crippen molar-refractivity contribution in [2.45, 2.75) is 84.4 Å². The summed E-state index contributed by atoms with van der Waals surface area (Å²) in [5.74, 6) is 1.33. The average Bonchev–Trinajstić information content (AvgIpc) is 2.97. The molecule has 0 spiro atoms. The second kappa shape index (κ2) is 6.99. The van der Waals surface area contributed by atoms with Gasteiger partial charge < -0.3 is 10.2 Å². The molecule has 0 aromatic heterocycles. The van der Waals surface area contributed by atoms with Crippen LogP contribution in [0.15, 0.2) is 23.3 Å². The third-order valence-corrected chi connectivity index (χ3v) is 9.22. The zero-order valence-electron chi connectivity index (χ0n) is 17.3. The molecule has 0 heterocycles. The van der Waals surface area contributed by atoms with Gasteiger partial charge >= 0.3 is 0 Å². The molecule has 2 nitrogen and oxygen atoms in total. The summed E-state index contributed by atoms with van der Waals surface area (Å²) < 4.78 is 16.0. The standard InChI is InChI=1S/C24H37FO2/c1-4-5-18-21(27)14-16-6-8-17-19-9-7-15(11-13-26)23(19,2)12-10-20(17)24(16,3)22(18)25/h6,11,17-22,26-27H,4-5,7-10,12-14H2,1-3H3/b15-11+/t17-,18-,19-,20-,21+,22?,23+,24-/m0/s1. The number of alkyl halides is 1. The molecule has 1 unspecified atom stereocenters. The van der Waals surface area contributed by atoms with Gasteiger partial charge in [-0.2, -0.15) is 0 Å². The summed E-state index contributed by atoms with van der Waals surface area (Å²) in [5.41, 5.74) is 2.43. The molecule has 0 saturated heterocycles. The number of fused-ring (bicyclic) bond motifs is 5. The van der Waals surface area contributed by atoms with E-state index in [-0.39, 0.29) is 17.9 Å². The zero-order valence-corrected chi connectivity index (χ0v) is 17.3. The van der Waals surface area contributed by atoms with Gasteiger partial charge in [-0.1, -0.05) is 50.5 Å². The van der Waals surface area contributed by atoms with Gasteiger partial charge in [0.05, 0.1) is 12.7 Å². The van der Waals surface area contributed by atoms with Crippen molar-refractivity contribution in [2.24, 2.45) is 34.5 Å². The molecule has 0 aromatic rings. The summed E-state index contributed by atoms with van der Waals surface area (Å²) in [6.07, 6.45) is 10.8. The molecule has 8 atom stereocenters. The van der Waals surface area contributed by atoms with Crippen molar-refractivity contribution in [3.63, 3.8) is 0 Å². The summed E-state index contributed by atoms with van der Waals surface area (Å²) in [7, 11) is 0. The quantitative estimate of drug-likeness (QED) is 0.664. The molecule has 0 aromatic carbocycles. The van der Waals surface area contributed by atoms with Crippen LogP contribution in [-0.2, 0) is 0 Å². The van der Waals surface area contributed by atoms with Crippen LogP contribution < -0.4 is 0 Å². The lowest BCUT2D eigenvalue weighted by molar-refractivity contribution is -0.0979. The molecular formula is C24H37FO2. The monoisotopic (exact) mass is 376 g/mol. The van der Waals surface area contributed by atoms with Gasteiger partial charge in [0, 0.05) is 11.3 Å². The number of aliphatic hydroxyl groups is 2. The van der Waals surface area contributed by atoms with Crippen LogP contribution in [0.25, 0.3) is 0 Å². The van der Waals surface area contributed by atoms with E-state index in [9.17, 15) is 10.2 Å². The van der Waals surface area contributed by atoms with E-state index in [1.807, 2.05) is 6.08 Å². The Morgan fingerprint density at radius 3 is 2.74 bits per heavy atom. The minimum atomic E-state index is -0.932. The van der Waals surface area contributed by atoms with E-state index >= 15 is 4.39 Å². The minimum Gasteiger partial charge on any atom is -0.392 e. The van der Waals surface area contributed by atoms with Gasteiger partial charge in [0.15, 0.2) is 0 Å². The maximum atomic E-state index is 16.0. The Bertz CT molecular complexity index is 640. The Balaban J connectivity index is 1.68. The van der Waals surface area contributed by atoms with E-state index in [1.165, 1.54) is 17.6 Å². The third-order valence-electron chi connectivity index (χ3n) is 9.22. The number of hydrogen-bond acceptors (Lipinski definition) is 2. The van der Waals surface area contributed by atoms with Gasteiger partial charge in [0.25, 0.3) is 0 Å². The Morgan fingerprint density at radius 2 is 2.04 bits per heavy atom. The van der Waals surface area contributed by atoms with E-state index in [2.05, 4.69) is 26.8 Å². The van der Waals surface area contributed by atoms with Gasteiger partial charge in [-0.15, -0.1) is 0 Å². The van der Waals surface area contributed by atoms with Crippen LogP contribution in [0.1, 0.15) is 72.1 Å². The van der Waals surface area contributed by atoms with Gasteiger partial charge in [0.2, 0.25) is 0 Å². The first-order valence-corrected chi connectivity index (χ1v) is 11.2. The smallest absolute Gasteiger partial charge is 0.115 e. The molecule has 0 bridgehead atoms. The second-order valence-electron chi connectivity index (χ2n) is 10.2. The first-order valence-electron chi connectivity index (χ1n) is 11.2. The molecule has 27 heavy (non-hydrogen) atoms. The Hall–Kier alpha value is -0.670. The lowest BCUT2D eigenvalue weighted by atomic mass is 9.46. The molecule has 152 valence electrons. The minimum absolute atomic E-state index is 0.136. The predicted molar refractivity (Wildman–Crippen MR) is 107 cm³/mol. The first-order chi connectivity index (χ1) is 12.9. The summed E-state index contributed by atoms with van der Waals surface area (Å²) in [6.45, 7) is 6.80. The largest absolute Gasteiger partial charge is 0.392 e. The molecule has 3 fully saturated rings. The summed E-state index contributed by atoms with van der Waals surface area (Å²) in [6, 6.07) is 0. The molecule has 0 amide bonds. The van der Waals surface area contributed by atoms with Crippen LogP contribution in [0.4, 0.5) is 4.39 Å². The highest BCUT2D eigenvalue weighted by atomic mass is 19.1. The number of hydrogen-bond donors (Lipinski definition) is 2. The number of allylic oxidation sites excluding steroid dienone is 2. The second-order valence-corrected chi connectivity index (χ2v) is 10.2. The summed E-state index contributed by atoms with van der Waals surface area (Å²) in [4.78, 5) is 0. The molecule has 4 rings (SSSR count). The number of halogens is 1. The SMILES string of the molecule is CCC[C@@H]1C(F)[C@@]2(C)C(=CC[C@H]3[C@@H]4CC/C(=C\CO)[C@@]4(C)CC[C@@H]32)C[C@H]1O. The van der Waals surface area contributed by atoms with Crippen molar-refractivity contribution in [2.75, 3.05) is 6.61 Å². The fraction of sp³-hybridized carbons (Fsp3) is 0.833. The maximum absolute atomic E-state index is 16.0. The van der Waals surface area contributed by atoms with Crippen molar-refractivity contribution in [1.82, 2.24) is 0 Å². The highest BCUT2D eigenvalue weighted by molar-refractivity contribution is 5.31. The molecule has 4 aliphatic carbocycles. The predicted octanol–water partition coefficient (Wildman–Crippen LogP) is 5.20. The molecule has 3 heteroatoms. The molecule has 0 aliphatic heterocycles. The topological polar surface area (TPSA) is 40.5 Å². The fourth-order valence-corrected chi connectivity index (χ4v) is 7.76. The lowest BCUT2D eigenvalue weighted by Gasteiger charge is -2.59. The van der Waals surface area contributed by atoms with Crippen molar-refractivity contribution in [3.05, 3.63) is 23.3 Å². The van der Waals surface area contributed by atoms with E-state index in [0.717, 1.165) is 38.5 Å².